The van der Waals surface area contributed by atoms with E-state index < -0.39 is 56.2 Å². The van der Waals surface area contributed by atoms with Crippen LogP contribution >= 0.6 is 0 Å². The summed E-state index contributed by atoms with van der Waals surface area (Å²) in [5.74, 6) is -3.09. The molecule has 184 valence electrons. The molecule has 3 unspecified atom stereocenters. The molecule has 3 atom stereocenters. The fourth-order valence-electron chi connectivity index (χ4n) is 3.95. The second-order valence-electron chi connectivity index (χ2n) is 9.64. The normalized spacial score (nSPS) is 22.2. The van der Waals surface area contributed by atoms with E-state index in [2.05, 4.69) is 0 Å². The molecule has 1 aliphatic heterocycles. The lowest BCUT2D eigenvalue weighted by molar-refractivity contribution is -0.185. The van der Waals surface area contributed by atoms with Gasteiger partial charge in [0.15, 0.2) is 0 Å². The number of carbonyl (C=O) groups is 4. The molecule has 1 rings (SSSR count). The summed E-state index contributed by atoms with van der Waals surface area (Å²) in [6, 6.07) is 0. The molecule has 32 heavy (non-hydrogen) atoms. The summed E-state index contributed by atoms with van der Waals surface area (Å²) in [5, 5.41) is 0. The van der Waals surface area contributed by atoms with Crippen LogP contribution in [0.25, 0.3) is 0 Å². The van der Waals surface area contributed by atoms with Crippen LogP contribution in [0.1, 0.15) is 66.7 Å². The van der Waals surface area contributed by atoms with E-state index in [-0.39, 0.29) is 25.9 Å². The van der Waals surface area contributed by atoms with Crippen LogP contribution in [0.3, 0.4) is 0 Å². The topological polar surface area (TPSA) is 142 Å². The molecule has 10 nitrogen and oxygen atoms in total. The molecule has 1 aliphatic rings. The highest BCUT2D eigenvalue weighted by Crippen LogP contribution is 2.42. The van der Waals surface area contributed by atoms with Crippen molar-refractivity contribution in [2.45, 2.75) is 72.3 Å². The third-order valence-electron chi connectivity index (χ3n) is 5.69. The lowest BCUT2D eigenvalue weighted by Crippen LogP contribution is -2.48. The molecule has 0 spiro atoms. The van der Waals surface area contributed by atoms with Crippen LogP contribution in [-0.4, -0.2) is 57.8 Å². The Morgan fingerprint density at radius 1 is 1.25 bits per heavy atom. The van der Waals surface area contributed by atoms with E-state index in [1.54, 1.807) is 20.8 Å². The number of cyclic esters (lactones) is 1. The number of carbonyl (C=O) groups excluding carboxylic acids is 4. The summed E-state index contributed by atoms with van der Waals surface area (Å²) in [6.07, 6.45) is 1.37. The molecule has 0 aromatic carbocycles. The number of ether oxygens (including phenoxy) is 3. The van der Waals surface area contributed by atoms with Crippen molar-refractivity contribution in [3.05, 3.63) is 0 Å². The number of sulfonamides is 1. The van der Waals surface area contributed by atoms with Crippen molar-refractivity contribution >= 4 is 33.8 Å². The molecule has 0 aromatic rings. The quantitative estimate of drug-likeness (QED) is 0.367. The molecule has 1 heterocycles. The average molecular weight is 478 g/mol. The molecule has 11 heteroatoms. The van der Waals surface area contributed by atoms with Crippen molar-refractivity contribution in [2.75, 3.05) is 20.0 Å². The minimum absolute atomic E-state index is 0.0190. The maximum atomic E-state index is 13.4. The summed E-state index contributed by atoms with van der Waals surface area (Å²) < 4.78 is 40.6. The third-order valence-corrected chi connectivity index (χ3v) is 6.25. The Bertz CT molecular complexity index is 851. The summed E-state index contributed by atoms with van der Waals surface area (Å²) in [5.41, 5.74) is -3.73. The smallest absolute Gasteiger partial charge is 0.312 e. The highest BCUT2D eigenvalue weighted by atomic mass is 32.2. The second-order valence-corrected chi connectivity index (χ2v) is 11.4. The summed E-state index contributed by atoms with van der Waals surface area (Å²) in [4.78, 5) is 50.0. The van der Waals surface area contributed by atoms with Gasteiger partial charge in [-0.3, -0.25) is 23.9 Å². The van der Waals surface area contributed by atoms with Crippen LogP contribution in [-0.2, 0) is 43.4 Å². The van der Waals surface area contributed by atoms with Crippen LogP contribution < -0.4 is 4.72 Å². The van der Waals surface area contributed by atoms with Gasteiger partial charge in [-0.15, -0.1) is 0 Å². The van der Waals surface area contributed by atoms with Gasteiger partial charge in [0.05, 0.1) is 37.7 Å². The zero-order valence-corrected chi connectivity index (χ0v) is 20.7. The summed E-state index contributed by atoms with van der Waals surface area (Å²) in [6.45, 7) is 8.11. The van der Waals surface area contributed by atoms with Gasteiger partial charge in [0, 0.05) is 11.8 Å². The molecular formula is C21H35NO9S. The Kier molecular flexibility index (Phi) is 8.87. The average Bonchev–Trinajstić information content (AvgIpc) is 2.63. The zero-order chi connectivity index (χ0) is 25.0. The van der Waals surface area contributed by atoms with E-state index in [4.69, 9.17) is 14.2 Å². The van der Waals surface area contributed by atoms with Gasteiger partial charge < -0.3 is 14.2 Å². The highest BCUT2D eigenvalue weighted by Gasteiger charge is 2.48. The lowest BCUT2D eigenvalue weighted by atomic mass is 9.69. The number of rotatable bonds is 10. The molecular weight excluding hydrogens is 442 g/mol. The third kappa shape index (κ3) is 7.75. The van der Waals surface area contributed by atoms with E-state index >= 15 is 0 Å². The predicted octanol–water partition coefficient (Wildman–Crippen LogP) is 1.71. The van der Waals surface area contributed by atoms with E-state index in [0.29, 0.717) is 12.8 Å². The Morgan fingerprint density at radius 2 is 1.84 bits per heavy atom. The molecule has 0 radical (unpaired) electrons. The van der Waals surface area contributed by atoms with Gasteiger partial charge >= 0.3 is 17.9 Å². The first-order chi connectivity index (χ1) is 14.5. The first-order valence-corrected chi connectivity index (χ1v) is 12.4. The number of esters is 3. The standard InChI is InChI=1S/C21H35NO9S/c1-8-14(16(24)29-6)11-20(4,13-19(2,3)17(25)22-32(7,27)28)18(26)31-21(5)9-10-30-15(23)12-21/h14H,8-13H2,1-7H3,(H,22,25). The molecule has 1 amide bonds. The number of hydrogen-bond donors (Lipinski definition) is 1. The van der Waals surface area contributed by atoms with Crippen molar-refractivity contribution in [1.82, 2.24) is 4.72 Å². The molecule has 1 fully saturated rings. The van der Waals surface area contributed by atoms with Gasteiger partial charge in [-0.1, -0.05) is 20.8 Å². The van der Waals surface area contributed by atoms with Crippen LogP contribution in [0.5, 0.6) is 0 Å². The van der Waals surface area contributed by atoms with Crippen molar-refractivity contribution in [3.63, 3.8) is 0 Å². The van der Waals surface area contributed by atoms with Crippen molar-refractivity contribution in [1.29, 1.82) is 0 Å². The van der Waals surface area contributed by atoms with Gasteiger partial charge in [0.2, 0.25) is 15.9 Å². The Hall–Kier alpha value is -2.17. The molecule has 1 N–H and O–H groups in total. The number of hydrogen-bond acceptors (Lipinski definition) is 9. The fourth-order valence-corrected chi connectivity index (χ4v) is 4.57. The highest BCUT2D eigenvalue weighted by molar-refractivity contribution is 7.89. The number of methoxy groups -OCH3 is 1. The van der Waals surface area contributed by atoms with Gasteiger partial charge in [0.1, 0.15) is 5.60 Å². The monoisotopic (exact) mass is 477 g/mol. The molecule has 0 saturated carbocycles. The van der Waals surface area contributed by atoms with Gasteiger partial charge in [-0.05, 0) is 33.1 Å². The second kappa shape index (κ2) is 10.2. The van der Waals surface area contributed by atoms with E-state index in [1.165, 1.54) is 21.0 Å². The minimum atomic E-state index is -3.81. The predicted molar refractivity (Wildman–Crippen MR) is 115 cm³/mol. The SMILES string of the molecule is CCC(CC(C)(CC(C)(C)C(=O)NS(C)(=O)=O)C(=O)OC1(C)CCOC(=O)C1)C(=O)OC. The minimum Gasteiger partial charge on any atom is -0.469 e. The Balaban J connectivity index is 3.27. The fraction of sp³-hybridized carbons (Fsp3) is 0.810. The number of nitrogens with one attached hydrogen (secondary N) is 1. The number of amides is 1. The van der Waals surface area contributed by atoms with Crippen molar-refractivity contribution in [3.8, 4) is 0 Å². The Morgan fingerprint density at radius 3 is 2.31 bits per heavy atom. The molecule has 0 aromatic heterocycles. The summed E-state index contributed by atoms with van der Waals surface area (Å²) in [7, 11) is -2.56. The first-order valence-electron chi connectivity index (χ1n) is 10.5. The Labute approximate surface area is 189 Å². The first kappa shape index (κ1) is 27.9. The van der Waals surface area contributed by atoms with E-state index in [1.807, 2.05) is 4.72 Å². The largest absolute Gasteiger partial charge is 0.469 e. The lowest BCUT2D eigenvalue weighted by Gasteiger charge is -2.40. The van der Waals surface area contributed by atoms with Crippen LogP contribution in [0.2, 0.25) is 0 Å². The van der Waals surface area contributed by atoms with Gasteiger partial charge in [-0.25, -0.2) is 8.42 Å². The van der Waals surface area contributed by atoms with Crippen LogP contribution in [0.15, 0.2) is 0 Å². The van der Waals surface area contributed by atoms with Crippen LogP contribution in [0, 0.1) is 16.7 Å². The summed E-state index contributed by atoms with van der Waals surface area (Å²) >= 11 is 0. The molecule has 1 saturated heterocycles. The van der Waals surface area contributed by atoms with Crippen molar-refractivity contribution < 1.29 is 41.8 Å². The molecule has 0 bridgehead atoms. The van der Waals surface area contributed by atoms with Crippen LogP contribution in [0.4, 0.5) is 0 Å². The maximum Gasteiger partial charge on any atom is 0.312 e. The van der Waals surface area contributed by atoms with Gasteiger partial charge in [0.25, 0.3) is 0 Å². The van der Waals surface area contributed by atoms with E-state index in [0.717, 1.165) is 6.26 Å². The molecule has 0 aliphatic carbocycles. The zero-order valence-electron chi connectivity index (χ0n) is 19.9. The van der Waals surface area contributed by atoms with Gasteiger partial charge in [-0.2, -0.15) is 0 Å². The maximum absolute atomic E-state index is 13.4. The van der Waals surface area contributed by atoms with E-state index in [9.17, 15) is 27.6 Å². The van der Waals surface area contributed by atoms with Crippen molar-refractivity contribution in [2.24, 2.45) is 16.7 Å².